The molecule has 0 bridgehead atoms. The molecule has 1 unspecified atom stereocenters. The van der Waals surface area contributed by atoms with Crippen molar-refractivity contribution in [3.63, 3.8) is 0 Å². The van der Waals surface area contributed by atoms with Crippen LogP contribution in [-0.2, 0) is 9.53 Å². The minimum atomic E-state index is -0.812. The summed E-state index contributed by atoms with van der Waals surface area (Å²) in [6.45, 7) is 6.01. The van der Waals surface area contributed by atoms with Crippen LogP contribution in [-0.4, -0.2) is 42.4 Å². The molecule has 0 aliphatic heterocycles. The molecule has 0 fully saturated rings. The van der Waals surface area contributed by atoms with Gasteiger partial charge in [-0.2, -0.15) is 0 Å². The van der Waals surface area contributed by atoms with Crippen LogP contribution in [0.25, 0.3) is 0 Å². The highest BCUT2D eigenvalue weighted by atomic mass is 16.5. The number of hydrogen-bond donors (Lipinski definition) is 3. The third-order valence-corrected chi connectivity index (χ3v) is 2.36. The number of carbonyl (C=O) groups excluding carboxylic acids is 1. The lowest BCUT2D eigenvalue weighted by Gasteiger charge is -2.26. The van der Waals surface area contributed by atoms with Crippen LogP contribution in [0.1, 0.15) is 40.0 Å². The van der Waals surface area contributed by atoms with Crippen LogP contribution in [0, 0.1) is 0 Å². The number of urea groups is 1. The maximum Gasteiger partial charge on any atom is 0.315 e. The molecule has 3 N–H and O–H groups in total. The van der Waals surface area contributed by atoms with Gasteiger partial charge in [-0.25, -0.2) is 4.79 Å². The Hall–Kier alpha value is -1.30. The van der Waals surface area contributed by atoms with Crippen molar-refractivity contribution in [1.29, 1.82) is 0 Å². The van der Waals surface area contributed by atoms with Gasteiger partial charge in [-0.15, -0.1) is 0 Å². The molecule has 6 heteroatoms. The normalized spacial score (nSPS) is 12.9. The average Bonchev–Trinajstić information content (AvgIpc) is 2.14. The maximum absolute atomic E-state index is 11.6. The molecule has 0 aliphatic carbocycles. The molecule has 0 aliphatic rings. The number of carboxylic acids is 1. The summed E-state index contributed by atoms with van der Waals surface area (Å²) < 4.78 is 5.00. The zero-order chi connectivity index (χ0) is 14.2. The van der Waals surface area contributed by atoms with Crippen LogP contribution in [0.5, 0.6) is 0 Å². The summed E-state index contributed by atoms with van der Waals surface area (Å²) in [5.74, 6) is -0.812. The summed E-state index contributed by atoms with van der Waals surface area (Å²) in [6.07, 6.45) is 1.32. The van der Waals surface area contributed by atoms with Gasteiger partial charge in [-0.3, -0.25) is 4.79 Å². The Labute approximate surface area is 108 Å². The fraction of sp³-hybridized carbons (Fsp3) is 0.833. The average molecular weight is 260 g/mol. The van der Waals surface area contributed by atoms with Crippen molar-refractivity contribution in [1.82, 2.24) is 10.6 Å². The number of methoxy groups -OCH3 is 1. The summed E-state index contributed by atoms with van der Waals surface area (Å²) in [5, 5.41) is 14.1. The van der Waals surface area contributed by atoms with E-state index in [1.807, 2.05) is 20.8 Å². The van der Waals surface area contributed by atoms with Crippen molar-refractivity contribution in [3.05, 3.63) is 0 Å². The predicted octanol–water partition coefficient (Wildman–Crippen LogP) is 1.35. The molecule has 2 amide bonds. The fourth-order valence-electron chi connectivity index (χ4n) is 1.60. The molecule has 0 radical (unpaired) electrons. The number of aliphatic carboxylic acids is 1. The second-order valence-corrected chi connectivity index (χ2v) is 5.10. The molecule has 0 spiro atoms. The first-order valence-corrected chi connectivity index (χ1v) is 6.06. The van der Waals surface area contributed by atoms with Gasteiger partial charge in [0.05, 0.1) is 12.1 Å². The van der Waals surface area contributed by atoms with E-state index in [1.165, 1.54) is 0 Å². The van der Waals surface area contributed by atoms with Gasteiger partial charge in [-0.1, -0.05) is 0 Å². The van der Waals surface area contributed by atoms with Crippen molar-refractivity contribution in [2.45, 2.75) is 51.6 Å². The number of carbonyl (C=O) groups is 2. The van der Waals surface area contributed by atoms with Crippen molar-refractivity contribution in [2.24, 2.45) is 0 Å². The molecule has 18 heavy (non-hydrogen) atoms. The Bertz CT molecular complexity index is 279. The highest BCUT2D eigenvalue weighted by Gasteiger charge is 2.20. The summed E-state index contributed by atoms with van der Waals surface area (Å²) >= 11 is 0. The molecule has 0 aromatic heterocycles. The van der Waals surface area contributed by atoms with Gasteiger partial charge >= 0.3 is 12.0 Å². The molecular weight excluding hydrogens is 236 g/mol. The minimum absolute atomic E-state index is 0.0531. The molecule has 0 saturated heterocycles. The van der Waals surface area contributed by atoms with E-state index in [1.54, 1.807) is 7.11 Å². The van der Waals surface area contributed by atoms with E-state index >= 15 is 0 Å². The number of ether oxygens (including phenoxy) is 1. The topological polar surface area (TPSA) is 87.7 Å². The largest absolute Gasteiger partial charge is 0.481 e. The zero-order valence-corrected chi connectivity index (χ0v) is 11.6. The third kappa shape index (κ3) is 8.81. The lowest BCUT2D eigenvalue weighted by molar-refractivity contribution is -0.137. The standard InChI is InChI=1S/C12H24N2O4/c1-9(6-5-7-10(15)16)13-11(17)14-12(2,3)8-18-4/h9H,5-8H2,1-4H3,(H,15,16)(H2,13,14,17). The molecule has 0 aromatic carbocycles. The van der Waals surface area contributed by atoms with E-state index in [0.717, 1.165) is 0 Å². The van der Waals surface area contributed by atoms with E-state index in [-0.39, 0.29) is 18.5 Å². The number of hydrogen-bond acceptors (Lipinski definition) is 3. The maximum atomic E-state index is 11.6. The van der Waals surface area contributed by atoms with Gasteiger partial charge < -0.3 is 20.5 Å². The van der Waals surface area contributed by atoms with Crippen LogP contribution in [0.3, 0.4) is 0 Å². The van der Waals surface area contributed by atoms with Gasteiger partial charge in [-0.05, 0) is 33.6 Å². The Morgan fingerprint density at radius 3 is 2.50 bits per heavy atom. The van der Waals surface area contributed by atoms with Crippen LogP contribution < -0.4 is 10.6 Å². The van der Waals surface area contributed by atoms with Crippen LogP contribution in [0.4, 0.5) is 4.79 Å². The minimum Gasteiger partial charge on any atom is -0.481 e. The molecule has 0 saturated carbocycles. The van der Waals surface area contributed by atoms with Gasteiger partial charge in [0.25, 0.3) is 0 Å². The number of carboxylic acid groups (broad SMARTS) is 1. The van der Waals surface area contributed by atoms with E-state index in [0.29, 0.717) is 19.4 Å². The highest BCUT2D eigenvalue weighted by Crippen LogP contribution is 2.03. The summed E-state index contributed by atoms with van der Waals surface area (Å²) in [5.41, 5.74) is -0.431. The van der Waals surface area contributed by atoms with Crippen LogP contribution in [0.2, 0.25) is 0 Å². The molecule has 0 aromatic rings. The first-order valence-electron chi connectivity index (χ1n) is 6.06. The molecule has 0 heterocycles. The lowest BCUT2D eigenvalue weighted by Crippen LogP contribution is -2.52. The first kappa shape index (κ1) is 16.7. The number of nitrogens with one attached hydrogen (secondary N) is 2. The quantitative estimate of drug-likeness (QED) is 0.615. The first-order chi connectivity index (χ1) is 8.26. The Morgan fingerprint density at radius 1 is 1.39 bits per heavy atom. The monoisotopic (exact) mass is 260 g/mol. The van der Waals surface area contributed by atoms with E-state index < -0.39 is 11.5 Å². The fourth-order valence-corrected chi connectivity index (χ4v) is 1.60. The summed E-state index contributed by atoms with van der Waals surface area (Å²) in [4.78, 5) is 22.0. The van der Waals surface area contributed by atoms with E-state index in [2.05, 4.69) is 10.6 Å². The van der Waals surface area contributed by atoms with E-state index in [4.69, 9.17) is 9.84 Å². The molecular formula is C12H24N2O4. The van der Waals surface area contributed by atoms with Gasteiger partial charge in [0.2, 0.25) is 0 Å². The van der Waals surface area contributed by atoms with Gasteiger partial charge in [0, 0.05) is 19.6 Å². The number of amides is 2. The second-order valence-electron chi connectivity index (χ2n) is 5.10. The van der Waals surface area contributed by atoms with Gasteiger partial charge in [0.15, 0.2) is 0 Å². The van der Waals surface area contributed by atoms with Crippen LogP contribution >= 0.6 is 0 Å². The third-order valence-electron chi connectivity index (χ3n) is 2.36. The molecule has 1 atom stereocenters. The van der Waals surface area contributed by atoms with Gasteiger partial charge in [0.1, 0.15) is 0 Å². The highest BCUT2D eigenvalue weighted by molar-refractivity contribution is 5.75. The van der Waals surface area contributed by atoms with Crippen molar-refractivity contribution in [3.8, 4) is 0 Å². The molecule has 0 rings (SSSR count). The zero-order valence-electron chi connectivity index (χ0n) is 11.6. The van der Waals surface area contributed by atoms with Crippen LogP contribution in [0.15, 0.2) is 0 Å². The molecule has 106 valence electrons. The smallest absolute Gasteiger partial charge is 0.315 e. The van der Waals surface area contributed by atoms with Crippen molar-refractivity contribution < 1.29 is 19.4 Å². The van der Waals surface area contributed by atoms with Crippen molar-refractivity contribution >= 4 is 12.0 Å². The Morgan fingerprint density at radius 2 is 2.00 bits per heavy atom. The molecule has 6 nitrogen and oxygen atoms in total. The lowest BCUT2D eigenvalue weighted by atomic mass is 10.1. The SMILES string of the molecule is COCC(C)(C)NC(=O)NC(C)CCCC(=O)O. The summed E-state index contributed by atoms with van der Waals surface area (Å²) in [6, 6.07) is -0.317. The van der Waals surface area contributed by atoms with E-state index in [9.17, 15) is 9.59 Å². The summed E-state index contributed by atoms with van der Waals surface area (Å²) in [7, 11) is 1.58. The Balaban J connectivity index is 3.89. The Kier molecular flexibility index (Phi) is 7.35. The predicted molar refractivity (Wildman–Crippen MR) is 68.6 cm³/mol. The number of rotatable bonds is 8. The second kappa shape index (κ2) is 7.92. The van der Waals surface area contributed by atoms with Crippen molar-refractivity contribution in [2.75, 3.05) is 13.7 Å².